The number of phenolic OH excluding ortho intramolecular Hbond substituents is 1. The molecule has 0 spiro atoms. The predicted octanol–water partition coefficient (Wildman–Crippen LogP) is 2.19. The lowest BCUT2D eigenvalue weighted by Crippen LogP contribution is -2.51. The maximum Gasteiger partial charge on any atom is 0.326 e. The summed E-state index contributed by atoms with van der Waals surface area (Å²) in [4.78, 5) is 66.3. The molecule has 10 nitrogen and oxygen atoms in total. The lowest BCUT2D eigenvalue weighted by atomic mass is 10.0. The molecule has 0 saturated carbocycles. The Morgan fingerprint density at radius 3 is 2.29 bits per heavy atom. The van der Waals surface area contributed by atoms with Crippen molar-refractivity contribution in [2.24, 2.45) is 0 Å². The molecule has 3 atom stereocenters. The van der Waals surface area contributed by atoms with Gasteiger partial charge in [-0.3, -0.25) is 19.2 Å². The minimum Gasteiger partial charge on any atom is -0.508 e. The molecule has 3 N–H and O–H groups in total. The topological polar surface area (TPSA) is 144 Å². The van der Waals surface area contributed by atoms with Gasteiger partial charge in [0.25, 0.3) is 0 Å². The second-order valence-electron chi connectivity index (χ2n) is 9.91. The van der Waals surface area contributed by atoms with Crippen molar-refractivity contribution in [1.29, 1.82) is 0 Å². The molecule has 2 aliphatic rings. The Morgan fingerprint density at radius 2 is 1.63 bits per heavy atom. The van der Waals surface area contributed by atoms with E-state index in [1.807, 2.05) is 0 Å². The third kappa shape index (κ3) is 7.66. The number of nitrogens with one attached hydrogen (secondary N) is 1. The summed E-state index contributed by atoms with van der Waals surface area (Å²) in [5, 5.41) is 21.3. The molecule has 2 fully saturated rings. The summed E-state index contributed by atoms with van der Waals surface area (Å²) in [6.07, 6.45) is 5.76. The number of carboxylic acid groups (broad SMARTS) is 1. The summed E-state index contributed by atoms with van der Waals surface area (Å²) in [6, 6.07) is 3.66. The zero-order valence-corrected chi connectivity index (χ0v) is 21.6. The molecular weight excluding hydrogens is 490 g/mol. The van der Waals surface area contributed by atoms with Crippen LogP contribution in [0, 0.1) is 0 Å². The van der Waals surface area contributed by atoms with E-state index < -0.39 is 30.0 Å². The number of nitrogens with zero attached hydrogens (tertiary/aromatic N) is 2. The van der Waals surface area contributed by atoms with E-state index in [0.717, 1.165) is 12.8 Å². The van der Waals surface area contributed by atoms with Gasteiger partial charge in [0.15, 0.2) is 5.78 Å². The molecular formula is C28H37N3O7. The quantitative estimate of drug-likeness (QED) is 0.263. The second kappa shape index (κ2) is 13.7. The van der Waals surface area contributed by atoms with Crippen LogP contribution in [0.5, 0.6) is 5.75 Å². The van der Waals surface area contributed by atoms with Crippen molar-refractivity contribution in [2.75, 3.05) is 13.1 Å². The minimum absolute atomic E-state index is 0.0321. The van der Waals surface area contributed by atoms with Gasteiger partial charge in [-0.1, -0.05) is 18.2 Å². The van der Waals surface area contributed by atoms with Gasteiger partial charge in [0.1, 0.15) is 17.8 Å². The smallest absolute Gasteiger partial charge is 0.326 e. The van der Waals surface area contributed by atoms with Crippen molar-refractivity contribution in [2.45, 2.75) is 82.3 Å². The van der Waals surface area contributed by atoms with E-state index in [2.05, 4.69) is 11.9 Å². The second-order valence-corrected chi connectivity index (χ2v) is 9.91. The number of unbranched alkanes of at least 4 members (excludes halogenated alkanes) is 1. The Balaban J connectivity index is 1.53. The monoisotopic (exact) mass is 527 g/mol. The van der Waals surface area contributed by atoms with Gasteiger partial charge in [0.05, 0.1) is 6.04 Å². The van der Waals surface area contributed by atoms with Crippen LogP contribution in [0.3, 0.4) is 0 Å². The Labute approximate surface area is 222 Å². The fourth-order valence-electron chi connectivity index (χ4n) is 5.16. The highest BCUT2D eigenvalue weighted by molar-refractivity contribution is 5.95. The van der Waals surface area contributed by atoms with E-state index in [0.29, 0.717) is 50.8 Å². The number of allylic oxidation sites excluding steroid dienone is 1. The number of phenols is 1. The molecule has 0 aliphatic carbocycles. The van der Waals surface area contributed by atoms with E-state index in [1.165, 1.54) is 12.1 Å². The summed E-state index contributed by atoms with van der Waals surface area (Å²) in [6.45, 7) is 4.63. The number of aliphatic carboxylic acids is 1. The van der Waals surface area contributed by atoms with Crippen molar-refractivity contribution in [3.8, 4) is 5.75 Å². The van der Waals surface area contributed by atoms with Crippen LogP contribution in [0.15, 0.2) is 36.9 Å². The molecule has 0 radical (unpaired) electrons. The van der Waals surface area contributed by atoms with Crippen LogP contribution in [0.1, 0.15) is 63.4 Å². The Hall–Kier alpha value is -3.69. The number of ketones is 1. The standard InChI is InChI=1S/C28H37N3O7/c1-2-3-4-9-26(35)30-16-6-8-23(30)27(36)31-17-5-7-22(31)24(33)14-15-25(34)29-21(28(37)38)18-19-10-12-20(32)13-11-19/h2,10-13,21-23,32H,1,3-9,14-18H2,(H,29,34)(H,37,38)/t21-,22-,23-/m0/s1. The number of aromatic hydroxyl groups is 1. The molecule has 0 unspecified atom stereocenters. The average molecular weight is 528 g/mol. The molecule has 3 amide bonds. The molecule has 1 aromatic carbocycles. The largest absolute Gasteiger partial charge is 0.508 e. The third-order valence-electron chi connectivity index (χ3n) is 7.17. The lowest BCUT2D eigenvalue weighted by molar-refractivity contribution is -0.146. The first-order valence-corrected chi connectivity index (χ1v) is 13.2. The van der Waals surface area contributed by atoms with Crippen LogP contribution in [-0.2, 0) is 30.4 Å². The number of Topliss-reactive ketones (excluding diaryl/α,β-unsaturated/α-hetero) is 1. The number of amides is 3. The Kier molecular flexibility index (Phi) is 10.4. The van der Waals surface area contributed by atoms with Gasteiger partial charge in [-0.15, -0.1) is 6.58 Å². The fourth-order valence-corrected chi connectivity index (χ4v) is 5.16. The number of hydrogen-bond acceptors (Lipinski definition) is 6. The maximum atomic E-state index is 13.4. The number of carboxylic acids is 1. The number of carbonyl (C=O) groups excluding carboxylic acids is 4. The highest BCUT2D eigenvalue weighted by Crippen LogP contribution is 2.27. The molecule has 0 bridgehead atoms. The van der Waals surface area contributed by atoms with Crippen LogP contribution in [0.25, 0.3) is 0 Å². The first-order valence-electron chi connectivity index (χ1n) is 13.2. The number of rotatable bonds is 13. The average Bonchev–Trinajstić information content (AvgIpc) is 3.58. The van der Waals surface area contributed by atoms with Crippen LogP contribution >= 0.6 is 0 Å². The number of carbonyl (C=O) groups is 5. The van der Waals surface area contributed by atoms with Crippen molar-refractivity contribution < 1.29 is 34.2 Å². The lowest BCUT2D eigenvalue weighted by Gasteiger charge is -2.31. The van der Waals surface area contributed by atoms with Gasteiger partial charge in [0.2, 0.25) is 17.7 Å². The first-order chi connectivity index (χ1) is 18.2. The summed E-state index contributed by atoms with van der Waals surface area (Å²) < 4.78 is 0. The van der Waals surface area contributed by atoms with Gasteiger partial charge in [-0.25, -0.2) is 4.79 Å². The highest BCUT2D eigenvalue weighted by atomic mass is 16.4. The SMILES string of the molecule is C=CCCCC(=O)N1CCC[C@H]1C(=O)N1CCC[C@H]1C(=O)CCC(=O)N[C@@H](Cc1ccc(O)cc1)C(=O)O. The molecule has 0 aromatic heterocycles. The van der Waals surface area contributed by atoms with Crippen LogP contribution in [0.4, 0.5) is 0 Å². The molecule has 3 rings (SSSR count). The van der Waals surface area contributed by atoms with Gasteiger partial charge in [-0.2, -0.15) is 0 Å². The Morgan fingerprint density at radius 1 is 0.974 bits per heavy atom. The minimum atomic E-state index is -1.20. The molecule has 1 aromatic rings. The van der Waals surface area contributed by atoms with Crippen molar-refractivity contribution >= 4 is 29.5 Å². The summed E-state index contributed by atoms with van der Waals surface area (Å²) in [5.74, 6) is -2.21. The molecule has 10 heteroatoms. The normalized spacial score (nSPS) is 19.7. The van der Waals surface area contributed by atoms with Crippen molar-refractivity contribution in [3.63, 3.8) is 0 Å². The maximum absolute atomic E-state index is 13.4. The van der Waals surface area contributed by atoms with E-state index in [-0.39, 0.29) is 42.6 Å². The Bertz CT molecular complexity index is 1040. The van der Waals surface area contributed by atoms with Crippen molar-refractivity contribution in [1.82, 2.24) is 15.1 Å². The molecule has 206 valence electrons. The van der Waals surface area contributed by atoms with E-state index >= 15 is 0 Å². The summed E-state index contributed by atoms with van der Waals surface area (Å²) in [7, 11) is 0. The zero-order valence-electron chi connectivity index (χ0n) is 21.6. The summed E-state index contributed by atoms with van der Waals surface area (Å²) in [5.41, 5.74) is 0.631. The van der Waals surface area contributed by atoms with E-state index in [4.69, 9.17) is 0 Å². The zero-order chi connectivity index (χ0) is 27.7. The van der Waals surface area contributed by atoms with Crippen LogP contribution in [-0.4, -0.2) is 80.7 Å². The molecule has 38 heavy (non-hydrogen) atoms. The van der Waals surface area contributed by atoms with Gasteiger partial charge < -0.3 is 25.3 Å². The van der Waals surface area contributed by atoms with Crippen molar-refractivity contribution in [3.05, 3.63) is 42.5 Å². The van der Waals surface area contributed by atoms with Gasteiger partial charge in [0, 0.05) is 38.8 Å². The molecule has 2 heterocycles. The van der Waals surface area contributed by atoms with Gasteiger partial charge in [-0.05, 0) is 56.2 Å². The fraction of sp³-hybridized carbons (Fsp3) is 0.536. The summed E-state index contributed by atoms with van der Waals surface area (Å²) >= 11 is 0. The predicted molar refractivity (Wildman–Crippen MR) is 139 cm³/mol. The third-order valence-corrected chi connectivity index (χ3v) is 7.17. The first kappa shape index (κ1) is 28.9. The molecule has 2 aliphatic heterocycles. The van der Waals surface area contributed by atoms with Crippen LogP contribution in [0.2, 0.25) is 0 Å². The van der Waals surface area contributed by atoms with E-state index in [1.54, 1.807) is 28.0 Å². The van der Waals surface area contributed by atoms with Crippen LogP contribution < -0.4 is 5.32 Å². The molecule has 2 saturated heterocycles. The number of benzene rings is 1. The number of likely N-dealkylation sites (tertiary alicyclic amines) is 2. The number of hydrogen-bond donors (Lipinski definition) is 3. The highest BCUT2D eigenvalue weighted by Gasteiger charge is 2.41. The van der Waals surface area contributed by atoms with E-state index in [9.17, 15) is 34.2 Å². The van der Waals surface area contributed by atoms with Gasteiger partial charge >= 0.3 is 5.97 Å².